The maximum Gasteiger partial charge on any atom is 0.213 e. The molecule has 4 aromatic carbocycles. The van der Waals surface area contributed by atoms with Gasteiger partial charge in [0, 0.05) is 22.6 Å². The van der Waals surface area contributed by atoms with E-state index >= 15 is 0 Å². The number of hydrogen-bond donors (Lipinski definition) is 0. The summed E-state index contributed by atoms with van der Waals surface area (Å²) >= 11 is 6.35. The van der Waals surface area contributed by atoms with Crippen LogP contribution in [0.25, 0.3) is 10.8 Å². The largest absolute Gasteiger partial charge is 0.464 e. The third kappa shape index (κ3) is 3.17. The van der Waals surface area contributed by atoms with Crippen LogP contribution in [0.1, 0.15) is 40.9 Å². The van der Waals surface area contributed by atoms with Crippen molar-refractivity contribution in [3.05, 3.63) is 112 Å². The van der Waals surface area contributed by atoms with E-state index in [0.29, 0.717) is 0 Å². The molecule has 0 fully saturated rings. The fourth-order valence-corrected chi connectivity index (χ4v) is 4.73. The summed E-state index contributed by atoms with van der Waals surface area (Å²) in [6, 6.07) is 29.5. The summed E-state index contributed by atoms with van der Waals surface area (Å²) in [6.45, 7) is 2.09. The van der Waals surface area contributed by atoms with Gasteiger partial charge in [0.05, 0.1) is 11.8 Å². The molecule has 2 unspecified atom stereocenters. The van der Waals surface area contributed by atoms with E-state index in [2.05, 4.69) is 78.7 Å². The van der Waals surface area contributed by atoms with Crippen LogP contribution in [-0.4, -0.2) is 10.7 Å². The van der Waals surface area contributed by atoms with Crippen molar-refractivity contribution in [3.63, 3.8) is 0 Å². The summed E-state index contributed by atoms with van der Waals surface area (Å²) in [5.74, 6) is 0.881. The van der Waals surface area contributed by atoms with Crippen LogP contribution in [0, 0.1) is 6.92 Å². The predicted octanol–water partition coefficient (Wildman–Crippen LogP) is 7.04. The fourth-order valence-electron chi connectivity index (χ4n) is 4.55. The Balaban J connectivity index is 1.45. The van der Waals surface area contributed by atoms with Crippen molar-refractivity contribution in [2.75, 3.05) is 0 Å². The number of rotatable bonds is 2. The third-order valence-electron chi connectivity index (χ3n) is 6.20. The molecule has 0 amide bonds. The minimum Gasteiger partial charge on any atom is -0.464 e. The maximum absolute atomic E-state index is 6.44. The van der Waals surface area contributed by atoms with Gasteiger partial charge >= 0.3 is 0 Å². The summed E-state index contributed by atoms with van der Waals surface area (Å²) in [5.41, 5.74) is 5.64. The van der Waals surface area contributed by atoms with Gasteiger partial charge in [-0.15, -0.1) is 0 Å². The second-order valence-corrected chi connectivity index (χ2v) is 8.71. The van der Waals surface area contributed by atoms with Crippen LogP contribution in [0.4, 0.5) is 0 Å². The molecule has 2 heterocycles. The van der Waals surface area contributed by atoms with E-state index in [-0.39, 0.29) is 12.3 Å². The number of ether oxygens (including phenoxy) is 1. The number of benzene rings is 4. The monoisotopic (exact) mass is 424 g/mol. The Labute approximate surface area is 186 Å². The van der Waals surface area contributed by atoms with Crippen molar-refractivity contribution in [3.8, 4) is 5.75 Å². The second kappa shape index (κ2) is 7.14. The highest BCUT2D eigenvalue weighted by Gasteiger charge is 2.41. The van der Waals surface area contributed by atoms with Crippen LogP contribution < -0.4 is 4.74 Å². The zero-order chi connectivity index (χ0) is 20.9. The van der Waals surface area contributed by atoms with Crippen molar-refractivity contribution in [1.82, 2.24) is 5.01 Å². The Morgan fingerprint density at radius 3 is 2.55 bits per heavy atom. The highest BCUT2D eigenvalue weighted by molar-refractivity contribution is 6.30. The lowest BCUT2D eigenvalue weighted by atomic mass is 9.95. The Morgan fingerprint density at radius 2 is 1.71 bits per heavy atom. The van der Waals surface area contributed by atoms with E-state index in [9.17, 15) is 0 Å². The first-order chi connectivity index (χ1) is 15.2. The van der Waals surface area contributed by atoms with Crippen LogP contribution in [0.15, 0.2) is 90.0 Å². The molecule has 152 valence electrons. The van der Waals surface area contributed by atoms with Crippen LogP contribution in [-0.2, 0) is 0 Å². The number of hydrogen-bond acceptors (Lipinski definition) is 3. The Bertz CT molecular complexity index is 1330. The molecule has 0 N–H and O–H groups in total. The molecule has 0 radical (unpaired) electrons. The van der Waals surface area contributed by atoms with E-state index in [0.717, 1.165) is 39.6 Å². The normalized spacial score (nSPS) is 19.5. The van der Waals surface area contributed by atoms with Gasteiger partial charge in [-0.25, -0.2) is 5.01 Å². The summed E-state index contributed by atoms with van der Waals surface area (Å²) in [5, 5.41) is 10.4. The topological polar surface area (TPSA) is 24.8 Å². The highest BCUT2D eigenvalue weighted by Crippen LogP contribution is 2.48. The van der Waals surface area contributed by atoms with E-state index < -0.39 is 0 Å². The average molecular weight is 425 g/mol. The summed E-state index contributed by atoms with van der Waals surface area (Å²) in [7, 11) is 0. The number of nitrogens with zero attached hydrogens (tertiary/aromatic N) is 2. The molecule has 0 aliphatic carbocycles. The van der Waals surface area contributed by atoms with Crippen molar-refractivity contribution < 1.29 is 4.74 Å². The van der Waals surface area contributed by atoms with Crippen molar-refractivity contribution in [1.29, 1.82) is 0 Å². The van der Waals surface area contributed by atoms with Crippen molar-refractivity contribution in [2.45, 2.75) is 25.6 Å². The summed E-state index contributed by atoms with van der Waals surface area (Å²) in [6.07, 6.45) is 0.550. The zero-order valence-electron chi connectivity index (χ0n) is 17.1. The molecule has 3 nitrogen and oxygen atoms in total. The molecule has 2 atom stereocenters. The molecule has 2 aliphatic rings. The molecule has 2 aliphatic heterocycles. The predicted molar refractivity (Wildman–Crippen MR) is 126 cm³/mol. The molecule has 0 saturated carbocycles. The standard InChI is InChI=1S/C27H21ClN2O/c1-17-6-8-19(9-7-17)27-30-25(23-15-22(28)12-13-26(23)31-27)16-24(29-30)21-11-10-18-4-2-3-5-20(18)14-21/h2-15,25,27H,16H2,1H3. The second-order valence-electron chi connectivity index (χ2n) is 8.27. The minimum atomic E-state index is -0.266. The van der Waals surface area contributed by atoms with Crippen molar-refractivity contribution >= 4 is 28.1 Å². The lowest BCUT2D eigenvalue weighted by Crippen LogP contribution is -2.33. The van der Waals surface area contributed by atoms with Gasteiger partial charge in [-0.1, -0.05) is 77.8 Å². The zero-order valence-corrected chi connectivity index (χ0v) is 17.9. The molecule has 0 saturated heterocycles. The lowest BCUT2D eigenvalue weighted by molar-refractivity contribution is -0.0190. The average Bonchev–Trinajstić information content (AvgIpc) is 3.25. The van der Waals surface area contributed by atoms with Gasteiger partial charge in [0.25, 0.3) is 0 Å². The van der Waals surface area contributed by atoms with Gasteiger partial charge < -0.3 is 4.74 Å². The van der Waals surface area contributed by atoms with E-state index in [4.69, 9.17) is 21.4 Å². The van der Waals surface area contributed by atoms with Crippen molar-refractivity contribution in [2.24, 2.45) is 5.10 Å². The summed E-state index contributed by atoms with van der Waals surface area (Å²) in [4.78, 5) is 0. The summed E-state index contributed by atoms with van der Waals surface area (Å²) < 4.78 is 6.44. The first kappa shape index (κ1) is 18.5. The smallest absolute Gasteiger partial charge is 0.213 e. The van der Waals surface area contributed by atoms with E-state index in [1.807, 2.05) is 18.2 Å². The molecular formula is C27H21ClN2O. The first-order valence-electron chi connectivity index (χ1n) is 10.5. The van der Waals surface area contributed by atoms with Gasteiger partial charge in [-0.2, -0.15) is 5.10 Å². The number of fused-ring (bicyclic) bond motifs is 4. The van der Waals surface area contributed by atoms with Gasteiger partial charge in [0.1, 0.15) is 5.75 Å². The quantitative estimate of drug-likeness (QED) is 0.344. The first-order valence-corrected chi connectivity index (χ1v) is 10.9. The van der Waals surface area contributed by atoms with Crippen LogP contribution in [0.5, 0.6) is 5.75 Å². The number of halogens is 1. The Kier molecular flexibility index (Phi) is 4.25. The molecule has 4 heteroatoms. The molecule has 4 aromatic rings. The number of hydrazone groups is 1. The molecule has 31 heavy (non-hydrogen) atoms. The SMILES string of the molecule is Cc1ccc(C2Oc3ccc(Cl)cc3C3CC(c4ccc5ccccc5c4)=NN32)cc1. The lowest BCUT2D eigenvalue weighted by Gasteiger charge is -2.38. The van der Waals surface area contributed by atoms with Crippen LogP contribution in [0.3, 0.4) is 0 Å². The van der Waals surface area contributed by atoms with Crippen LogP contribution >= 0.6 is 11.6 Å². The molecular weight excluding hydrogens is 404 g/mol. The number of aryl methyl sites for hydroxylation is 1. The van der Waals surface area contributed by atoms with E-state index in [1.54, 1.807) is 0 Å². The van der Waals surface area contributed by atoms with Gasteiger partial charge in [-0.05, 0) is 47.5 Å². The molecule has 0 spiro atoms. The van der Waals surface area contributed by atoms with Gasteiger partial charge in [0.2, 0.25) is 6.23 Å². The van der Waals surface area contributed by atoms with Gasteiger partial charge in [0.15, 0.2) is 0 Å². The minimum absolute atomic E-state index is 0.0928. The van der Waals surface area contributed by atoms with Crippen LogP contribution in [0.2, 0.25) is 5.02 Å². The molecule has 0 aromatic heterocycles. The fraction of sp³-hybridized carbons (Fsp3) is 0.148. The highest BCUT2D eigenvalue weighted by atomic mass is 35.5. The van der Waals surface area contributed by atoms with E-state index in [1.165, 1.54) is 16.3 Å². The molecule has 6 rings (SSSR count). The van der Waals surface area contributed by atoms with Gasteiger partial charge in [-0.3, -0.25) is 0 Å². The maximum atomic E-state index is 6.44. The Morgan fingerprint density at radius 1 is 0.903 bits per heavy atom. The third-order valence-corrected chi connectivity index (χ3v) is 6.43. The Hall–Kier alpha value is -3.30. The molecule has 0 bridgehead atoms.